The predicted octanol–water partition coefficient (Wildman–Crippen LogP) is 1.67. The largest absolute Gasteiger partial charge is 0.335 e. The van der Waals surface area contributed by atoms with Crippen LogP contribution in [-0.4, -0.2) is 54.5 Å². The highest BCUT2D eigenvalue weighted by molar-refractivity contribution is 5.87. The van der Waals surface area contributed by atoms with E-state index in [2.05, 4.69) is 25.1 Å². The lowest BCUT2D eigenvalue weighted by molar-refractivity contribution is -0.148. The molecule has 1 amide bonds. The normalized spacial score (nSPS) is 24.4. The molecule has 2 aromatic heterocycles. The molecular weight excluding hydrogens is 316 g/mol. The van der Waals surface area contributed by atoms with Crippen molar-refractivity contribution in [2.45, 2.75) is 51.2 Å². The molecule has 1 spiro atoms. The van der Waals surface area contributed by atoms with Crippen LogP contribution in [0.3, 0.4) is 0 Å². The maximum atomic E-state index is 13.4. The van der Waals surface area contributed by atoms with Gasteiger partial charge in [-0.2, -0.15) is 5.10 Å². The third-order valence-electron chi connectivity index (χ3n) is 5.38. The molecule has 0 aromatic carbocycles. The van der Waals surface area contributed by atoms with Gasteiger partial charge >= 0.3 is 0 Å². The summed E-state index contributed by atoms with van der Waals surface area (Å²) in [4.78, 5) is 26.4. The number of hydrogen-bond donors (Lipinski definition) is 1. The third-order valence-corrected chi connectivity index (χ3v) is 5.38. The van der Waals surface area contributed by atoms with Crippen LogP contribution >= 0.6 is 0 Å². The molecular formula is C18H24N6O. The molecule has 0 aliphatic carbocycles. The smallest absolute Gasteiger partial charge is 0.243 e. The SMILES string of the molecule is Cc1nc(CN2CCCC23CCCN(Cc2ccccn2)C3=O)n[nH]1. The zero-order valence-electron chi connectivity index (χ0n) is 14.6. The van der Waals surface area contributed by atoms with Crippen molar-refractivity contribution >= 4 is 5.91 Å². The molecule has 0 saturated carbocycles. The minimum atomic E-state index is -0.387. The molecule has 25 heavy (non-hydrogen) atoms. The second kappa shape index (κ2) is 6.55. The maximum absolute atomic E-state index is 13.4. The number of pyridine rings is 1. The number of nitrogens with zero attached hydrogens (tertiary/aromatic N) is 5. The second-order valence-electron chi connectivity index (χ2n) is 7.05. The Balaban J connectivity index is 1.53. The van der Waals surface area contributed by atoms with Gasteiger partial charge in [-0.05, 0) is 51.3 Å². The number of carbonyl (C=O) groups excluding carboxylic acids is 1. The summed E-state index contributed by atoms with van der Waals surface area (Å²) >= 11 is 0. The van der Waals surface area contributed by atoms with Crippen LogP contribution in [-0.2, 0) is 17.9 Å². The molecule has 7 heteroatoms. The Bertz CT molecular complexity index is 745. The average molecular weight is 340 g/mol. The van der Waals surface area contributed by atoms with Crippen molar-refractivity contribution in [3.8, 4) is 0 Å². The number of carbonyl (C=O) groups is 1. The van der Waals surface area contributed by atoms with E-state index >= 15 is 0 Å². The van der Waals surface area contributed by atoms with Crippen LogP contribution < -0.4 is 0 Å². The van der Waals surface area contributed by atoms with Gasteiger partial charge in [0.1, 0.15) is 11.4 Å². The first-order valence-corrected chi connectivity index (χ1v) is 9.00. The number of amides is 1. The molecule has 0 bridgehead atoms. The van der Waals surface area contributed by atoms with Crippen molar-refractivity contribution < 1.29 is 4.79 Å². The lowest BCUT2D eigenvalue weighted by atomic mass is 9.85. The van der Waals surface area contributed by atoms with Crippen molar-refractivity contribution in [1.29, 1.82) is 0 Å². The summed E-state index contributed by atoms with van der Waals surface area (Å²) in [6.07, 6.45) is 5.71. The topological polar surface area (TPSA) is 78.0 Å². The predicted molar refractivity (Wildman–Crippen MR) is 92.4 cm³/mol. The first-order chi connectivity index (χ1) is 12.2. The van der Waals surface area contributed by atoms with E-state index in [1.54, 1.807) is 6.20 Å². The molecule has 1 unspecified atom stereocenters. The summed E-state index contributed by atoms with van der Waals surface area (Å²) in [5.74, 6) is 1.83. The van der Waals surface area contributed by atoms with Crippen LogP contribution in [0.25, 0.3) is 0 Å². The van der Waals surface area contributed by atoms with Crippen LogP contribution in [0, 0.1) is 6.92 Å². The Labute approximate surface area is 147 Å². The van der Waals surface area contributed by atoms with E-state index in [-0.39, 0.29) is 11.4 Å². The van der Waals surface area contributed by atoms with Gasteiger partial charge < -0.3 is 4.90 Å². The number of nitrogens with one attached hydrogen (secondary N) is 1. The van der Waals surface area contributed by atoms with E-state index in [1.165, 1.54) is 0 Å². The van der Waals surface area contributed by atoms with Crippen molar-refractivity contribution in [3.05, 3.63) is 41.7 Å². The molecule has 7 nitrogen and oxygen atoms in total. The zero-order valence-corrected chi connectivity index (χ0v) is 14.6. The van der Waals surface area contributed by atoms with E-state index in [4.69, 9.17) is 0 Å². The Morgan fingerprint density at radius 3 is 2.76 bits per heavy atom. The van der Waals surface area contributed by atoms with Gasteiger partial charge in [-0.15, -0.1) is 0 Å². The summed E-state index contributed by atoms with van der Waals surface area (Å²) in [6.45, 7) is 4.86. The molecule has 132 valence electrons. The third kappa shape index (κ3) is 3.04. The monoisotopic (exact) mass is 340 g/mol. The van der Waals surface area contributed by atoms with Crippen molar-refractivity contribution in [2.75, 3.05) is 13.1 Å². The molecule has 2 aromatic rings. The first-order valence-electron chi connectivity index (χ1n) is 9.00. The van der Waals surface area contributed by atoms with Crippen LogP contribution in [0.4, 0.5) is 0 Å². The first kappa shape index (κ1) is 16.2. The van der Waals surface area contributed by atoms with Crippen molar-refractivity contribution in [1.82, 2.24) is 30.0 Å². The molecule has 0 radical (unpaired) electrons. The molecule has 2 saturated heterocycles. The number of likely N-dealkylation sites (tertiary alicyclic amines) is 2. The molecule has 4 heterocycles. The summed E-state index contributed by atoms with van der Waals surface area (Å²) in [5, 5.41) is 7.15. The molecule has 2 aliphatic rings. The number of piperidine rings is 1. The van der Waals surface area contributed by atoms with Gasteiger partial charge in [-0.3, -0.25) is 19.8 Å². The molecule has 2 aliphatic heterocycles. The Morgan fingerprint density at radius 1 is 1.20 bits per heavy atom. The Kier molecular flexibility index (Phi) is 4.25. The van der Waals surface area contributed by atoms with Gasteiger partial charge in [0.05, 0.1) is 18.8 Å². The number of hydrogen-bond acceptors (Lipinski definition) is 5. The van der Waals surface area contributed by atoms with E-state index < -0.39 is 0 Å². The van der Waals surface area contributed by atoms with Crippen LogP contribution in [0.2, 0.25) is 0 Å². The second-order valence-corrected chi connectivity index (χ2v) is 7.05. The van der Waals surface area contributed by atoms with E-state index in [1.807, 2.05) is 30.0 Å². The summed E-state index contributed by atoms with van der Waals surface area (Å²) in [6, 6.07) is 5.86. The zero-order chi connectivity index (χ0) is 17.3. The van der Waals surface area contributed by atoms with Gasteiger partial charge in [-0.25, -0.2) is 4.98 Å². The van der Waals surface area contributed by atoms with Gasteiger partial charge in [0, 0.05) is 12.7 Å². The van der Waals surface area contributed by atoms with E-state index in [0.29, 0.717) is 13.1 Å². The van der Waals surface area contributed by atoms with Crippen LogP contribution in [0.15, 0.2) is 24.4 Å². The fraction of sp³-hybridized carbons (Fsp3) is 0.556. The highest BCUT2D eigenvalue weighted by Crippen LogP contribution is 2.39. The molecule has 4 rings (SSSR count). The van der Waals surface area contributed by atoms with Gasteiger partial charge in [0.2, 0.25) is 5.91 Å². The molecule has 1 N–H and O–H groups in total. The lowest BCUT2D eigenvalue weighted by Crippen LogP contribution is -2.59. The van der Waals surface area contributed by atoms with Crippen LogP contribution in [0.1, 0.15) is 43.0 Å². The summed E-state index contributed by atoms with van der Waals surface area (Å²) in [5.41, 5.74) is 0.559. The minimum Gasteiger partial charge on any atom is -0.335 e. The summed E-state index contributed by atoms with van der Waals surface area (Å²) < 4.78 is 0. The van der Waals surface area contributed by atoms with Gasteiger partial charge in [0.25, 0.3) is 0 Å². The average Bonchev–Trinajstić information content (AvgIpc) is 3.21. The highest BCUT2D eigenvalue weighted by Gasteiger charge is 2.50. The maximum Gasteiger partial charge on any atom is 0.243 e. The van der Waals surface area contributed by atoms with E-state index in [9.17, 15) is 4.79 Å². The minimum absolute atomic E-state index is 0.245. The van der Waals surface area contributed by atoms with Crippen LogP contribution in [0.5, 0.6) is 0 Å². The van der Waals surface area contributed by atoms with E-state index in [0.717, 1.165) is 56.1 Å². The molecule has 1 atom stereocenters. The number of aromatic amines is 1. The quantitative estimate of drug-likeness (QED) is 0.916. The standard InChI is InChI=1S/C18H24N6O/c1-14-20-16(22-21-14)13-24-11-5-8-18(24)7-4-10-23(17(18)25)12-15-6-2-3-9-19-15/h2-3,6,9H,4-5,7-8,10-13H2,1H3,(H,20,21,22). The number of rotatable bonds is 4. The Morgan fingerprint density at radius 2 is 2.04 bits per heavy atom. The fourth-order valence-electron chi connectivity index (χ4n) is 4.22. The summed E-state index contributed by atoms with van der Waals surface area (Å²) in [7, 11) is 0. The number of H-pyrrole nitrogens is 1. The highest BCUT2D eigenvalue weighted by atomic mass is 16.2. The number of aromatic nitrogens is 4. The Hall–Kier alpha value is -2.28. The fourth-order valence-corrected chi connectivity index (χ4v) is 4.22. The van der Waals surface area contributed by atoms with Crippen molar-refractivity contribution in [2.24, 2.45) is 0 Å². The van der Waals surface area contributed by atoms with Gasteiger partial charge in [-0.1, -0.05) is 6.07 Å². The molecule has 2 fully saturated rings. The lowest BCUT2D eigenvalue weighted by Gasteiger charge is -2.44. The van der Waals surface area contributed by atoms with Crippen molar-refractivity contribution in [3.63, 3.8) is 0 Å². The van der Waals surface area contributed by atoms with Gasteiger partial charge in [0.15, 0.2) is 5.82 Å². The number of aryl methyl sites for hydroxylation is 1.